The van der Waals surface area contributed by atoms with Crippen molar-refractivity contribution in [2.45, 2.75) is 6.54 Å². The van der Waals surface area contributed by atoms with Crippen LogP contribution < -0.4 is 11.1 Å². The molecular weight excluding hydrogens is 327 g/mol. The van der Waals surface area contributed by atoms with E-state index in [0.29, 0.717) is 28.7 Å². The number of amides is 1. The second-order valence-corrected chi connectivity index (χ2v) is 6.07. The van der Waals surface area contributed by atoms with E-state index in [4.69, 9.17) is 28.9 Å². The van der Waals surface area contributed by atoms with Crippen LogP contribution in [0.2, 0.25) is 10.0 Å². The highest BCUT2D eigenvalue weighted by Gasteiger charge is 2.08. The topological polar surface area (TPSA) is 55.1 Å². The van der Waals surface area contributed by atoms with E-state index in [-0.39, 0.29) is 5.91 Å². The van der Waals surface area contributed by atoms with Crippen LogP contribution in [0.1, 0.15) is 20.1 Å². The predicted octanol–water partition coefficient (Wildman–Crippen LogP) is 3.30. The molecule has 0 unspecified atom stereocenters. The third-order valence-corrected chi connectivity index (χ3v) is 4.32. The molecule has 0 aliphatic heterocycles. The van der Waals surface area contributed by atoms with Crippen LogP contribution in [-0.2, 0) is 6.54 Å². The van der Waals surface area contributed by atoms with Crippen LogP contribution in [-0.4, -0.2) is 12.5 Å². The molecule has 0 aliphatic carbocycles. The van der Waals surface area contributed by atoms with E-state index in [0.717, 1.165) is 9.75 Å². The third kappa shape index (κ3) is 4.48. The molecule has 1 aromatic carbocycles. The summed E-state index contributed by atoms with van der Waals surface area (Å²) < 4.78 is 0. The maximum Gasteiger partial charge on any atom is 0.251 e. The molecule has 108 valence electrons. The van der Waals surface area contributed by atoms with Crippen molar-refractivity contribution < 1.29 is 4.79 Å². The Hall–Kier alpha value is -1.51. The highest BCUT2D eigenvalue weighted by Crippen LogP contribution is 2.22. The van der Waals surface area contributed by atoms with Gasteiger partial charge in [-0.3, -0.25) is 4.79 Å². The molecule has 21 heavy (non-hydrogen) atoms. The number of carbonyl (C=O) groups is 1. The van der Waals surface area contributed by atoms with Gasteiger partial charge in [0, 0.05) is 10.4 Å². The largest absolute Gasteiger partial charge is 0.347 e. The average molecular weight is 339 g/mol. The Morgan fingerprint density at radius 1 is 1.24 bits per heavy atom. The summed E-state index contributed by atoms with van der Waals surface area (Å²) in [6.45, 7) is 0.773. The molecule has 1 amide bonds. The minimum absolute atomic E-state index is 0.198. The highest BCUT2D eigenvalue weighted by atomic mass is 35.5. The van der Waals surface area contributed by atoms with Gasteiger partial charge in [-0.25, -0.2) is 0 Å². The van der Waals surface area contributed by atoms with Gasteiger partial charge < -0.3 is 11.1 Å². The van der Waals surface area contributed by atoms with Crippen LogP contribution in [0.3, 0.4) is 0 Å². The smallest absolute Gasteiger partial charge is 0.251 e. The lowest BCUT2D eigenvalue weighted by Crippen LogP contribution is -2.22. The Morgan fingerprint density at radius 2 is 2.05 bits per heavy atom. The molecule has 1 heterocycles. The molecule has 3 N–H and O–H groups in total. The van der Waals surface area contributed by atoms with Gasteiger partial charge in [0.2, 0.25) is 0 Å². The summed E-state index contributed by atoms with van der Waals surface area (Å²) in [5, 5.41) is 3.61. The first-order chi connectivity index (χ1) is 10.1. The molecule has 2 aromatic rings. The minimum Gasteiger partial charge on any atom is -0.347 e. The van der Waals surface area contributed by atoms with Crippen LogP contribution in [0.25, 0.3) is 0 Å². The molecular formula is C15H12Cl2N2OS. The van der Waals surface area contributed by atoms with Crippen molar-refractivity contribution in [2.24, 2.45) is 5.73 Å². The van der Waals surface area contributed by atoms with Crippen LogP contribution in [0.4, 0.5) is 0 Å². The van der Waals surface area contributed by atoms with E-state index in [1.807, 2.05) is 12.1 Å². The molecule has 0 saturated carbocycles. The summed E-state index contributed by atoms with van der Waals surface area (Å²) in [5.41, 5.74) is 5.80. The van der Waals surface area contributed by atoms with Gasteiger partial charge in [0.15, 0.2) is 0 Å². The van der Waals surface area contributed by atoms with Crippen molar-refractivity contribution in [3.8, 4) is 11.8 Å². The summed E-state index contributed by atoms with van der Waals surface area (Å²) in [4.78, 5) is 14.0. The number of carbonyl (C=O) groups excluding carboxylic acids is 1. The summed E-state index contributed by atoms with van der Waals surface area (Å²) in [5.74, 6) is 5.55. The highest BCUT2D eigenvalue weighted by molar-refractivity contribution is 7.12. The number of nitrogens with two attached hydrogens (primary N) is 1. The number of rotatable bonds is 3. The van der Waals surface area contributed by atoms with Crippen molar-refractivity contribution in [2.75, 3.05) is 6.54 Å². The van der Waals surface area contributed by atoms with E-state index in [1.165, 1.54) is 11.3 Å². The fourth-order valence-electron chi connectivity index (χ4n) is 1.59. The number of hydrogen-bond donors (Lipinski definition) is 2. The first-order valence-electron chi connectivity index (χ1n) is 6.11. The standard InChI is InChI=1S/C15H12Cl2N2OS/c16-13-6-3-10(8-14(13)17)15(20)19-9-12-5-4-11(21-12)2-1-7-18/h3-6,8H,7,9,18H2,(H,19,20). The maximum atomic E-state index is 12.0. The number of hydrogen-bond acceptors (Lipinski definition) is 3. The monoisotopic (exact) mass is 338 g/mol. The number of benzene rings is 1. The van der Waals surface area contributed by atoms with Crippen LogP contribution in [0, 0.1) is 11.8 Å². The van der Waals surface area contributed by atoms with E-state index in [2.05, 4.69) is 17.2 Å². The van der Waals surface area contributed by atoms with Crippen molar-refractivity contribution in [1.29, 1.82) is 0 Å². The fraction of sp³-hybridized carbons (Fsp3) is 0.133. The second kappa shape index (κ2) is 7.48. The van der Waals surface area contributed by atoms with Crippen LogP contribution >= 0.6 is 34.5 Å². The van der Waals surface area contributed by atoms with Gasteiger partial charge in [0.1, 0.15) is 0 Å². The van der Waals surface area contributed by atoms with Gasteiger partial charge >= 0.3 is 0 Å². The van der Waals surface area contributed by atoms with Crippen molar-refractivity contribution >= 4 is 40.4 Å². The number of nitrogens with one attached hydrogen (secondary N) is 1. The first kappa shape index (κ1) is 15.9. The molecule has 2 rings (SSSR count). The number of halogens is 2. The van der Waals surface area contributed by atoms with E-state index in [9.17, 15) is 4.79 Å². The lowest BCUT2D eigenvalue weighted by Gasteiger charge is -2.04. The molecule has 0 fully saturated rings. The van der Waals surface area contributed by atoms with Crippen molar-refractivity contribution in [1.82, 2.24) is 5.32 Å². The SMILES string of the molecule is NCC#Cc1ccc(CNC(=O)c2ccc(Cl)c(Cl)c2)s1. The molecule has 0 bridgehead atoms. The molecule has 0 radical (unpaired) electrons. The lowest BCUT2D eigenvalue weighted by molar-refractivity contribution is 0.0951. The Bertz CT molecular complexity index is 716. The predicted molar refractivity (Wildman–Crippen MR) is 87.9 cm³/mol. The molecule has 0 spiro atoms. The van der Waals surface area contributed by atoms with Crippen LogP contribution in [0.15, 0.2) is 30.3 Å². The molecule has 1 aromatic heterocycles. The van der Waals surface area contributed by atoms with Gasteiger partial charge in [-0.05, 0) is 30.3 Å². The van der Waals surface area contributed by atoms with Gasteiger partial charge in [-0.1, -0.05) is 35.0 Å². The van der Waals surface area contributed by atoms with Crippen molar-refractivity contribution in [3.63, 3.8) is 0 Å². The summed E-state index contributed by atoms with van der Waals surface area (Å²) in [7, 11) is 0. The minimum atomic E-state index is -0.198. The zero-order valence-electron chi connectivity index (χ0n) is 11.0. The molecule has 0 atom stereocenters. The average Bonchev–Trinajstić information content (AvgIpc) is 2.93. The van der Waals surface area contributed by atoms with E-state index >= 15 is 0 Å². The zero-order chi connectivity index (χ0) is 15.2. The summed E-state index contributed by atoms with van der Waals surface area (Å²) in [6.07, 6.45) is 0. The Labute approximate surface area is 137 Å². The summed E-state index contributed by atoms with van der Waals surface area (Å²) in [6, 6.07) is 8.63. The van der Waals surface area contributed by atoms with Crippen molar-refractivity contribution in [3.05, 3.63) is 55.7 Å². The summed E-state index contributed by atoms with van der Waals surface area (Å²) >= 11 is 13.2. The van der Waals surface area contributed by atoms with E-state index in [1.54, 1.807) is 18.2 Å². The third-order valence-electron chi connectivity index (χ3n) is 2.58. The van der Waals surface area contributed by atoms with E-state index < -0.39 is 0 Å². The lowest BCUT2D eigenvalue weighted by atomic mass is 10.2. The van der Waals surface area contributed by atoms with Gasteiger partial charge in [-0.2, -0.15) is 0 Å². The Kier molecular flexibility index (Phi) is 5.66. The normalized spacial score (nSPS) is 9.86. The number of thiophene rings is 1. The van der Waals surface area contributed by atoms with Gasteiger partial charge in [0.05, 0.1) is 28.0 Å². The molecule has 0 saturated heterocycles. The van der Waals surface area contributed by atoms with Gasteiger partial charge in [0.25, 0.3) is 5.91 Å². The quantitative estimate of drug-likeness (QED) is 0.843. The molecule has 6 heteroatoms. The second-order valence-electron chi connectivity index (χ2n) is 4.08. The Balaban J connectivity index is 1.97. The van der Waals surface area contributed by atoms with Crippen LogP contribution in [0.5, 0.6) is 0 Å². The zero-order valence-corrected chi connectivity index (χ0v) is 13.3. The fourth-order valence-corrected chi connectivity index (χ4v) is 2.71. The maximum absolute atomic E-state index is 12.0. The van der Waals surface area contributed by atoms with Gasteiger partial charge in [-0.15, -0.1) is 11.3 Å². The molecule has 0 aliphatic rings. The first-order valence-corrected chi connectivity index (χ1v) is 7.68. The Morgan fingerprint density at radius 3 is 2.76 bits per heavy atom. The molecule has 3 nitrogen and oxygen atoms in total.